The van der Waals surface area contributed by atoms with Gasteiger partial charge in [0.25, 0.3) is 0 Å². The van der Waals surface area contributed by atoms with Crippen molar-refractivity contribution in [1.29, 1.82) is 0 Å². The van der Waals surface area contributed by atoms with Crippen molar-refractivity contribution >= 4 is 40.9 Å². The van der Waals surface area contributed by atoms with Crippen LogP contribution < -0.4 is 5.32 Å². The molecule has 22 heavy (non-hydrogen) atoms. The van der Waals surface area contributed by atoms with Crippen LogP contribution in [0.4, 0.5) is 10.5 Å². The summed E-state index contributed by atoms with van der Waals surface area (Å²) in [6.07, 6.45) is 3.83. The van der Waals surface area contributed by atoms with Crippen molar-refractivity contribution in [3.63, 3.8) is 0 Å². The highest BCUT2D eigenvalue weighted by atomic mass is 35.5. The molecule has 0 bridgehead atoms. The van der Waals surface area contributed by atoms with E-state index in [0.717, 1.165) is 25.7 Å². The standard InChI is InChI=1S/C15H17Cl2N3O2/c16-10-5-6-13(12(17)9-10)19-14-18-7-8-20(14)15(21)22-11-3-1-2-4-11/h5-6,9,11H,1-4,7-8H2,(H,18,19). The first-order valence-electron chi connectivity index (χ1n) is 7.38. The zero-order valence-electron chi connectivity index (χ0n) is 12.0. The minimum absolute atomic E-state index is 0.0356. The third-order valence-electron chi connectivity index (χ3n) is 3.81. The van der Waals surface area contributed by atoms with E-state index >= 15 is 0 Å². The van der Waals surface area contributed by atoms with Crippen molar-refractivity contribution in [2.75, 3.05) is 18.4 Å². The van der Waals surface area contributed by atoms with Gasteiger partial charge < -0.3 is 10.1 Å². The van der Waals surface area contributed by atoms with Gasteiger partial charge in [-0.25, -0.2) is 9.69 Å². The molecule has 1 aliphatic carbocycles. The molecule has 0 aromatic heterocycles. The first-order chi connectivity index (χ1) is 10.6. The van der Waals surface area contributed by atoms with Crippen molar-refractivity contribution in [3.05, 3.63) is 28.2 Å². The molecule has 1 N–H and O–H groups in total. The van der Waals surface area contributed by atoms with Crippen molar-refractivity contribution in [1.82, 2.24) is 4.90 Å². The summed E-state index contributed by atoms with van der Waals surface area (Å²) in [7, 11) is 0. The van der Waals surface area contributed by atoms with Gasteiger partial charge in [0.1, 0.15) is 6.10 Å². The number of nitrogens with one attached hydrogen (secondary N) is 1. The van der Waals surface area contributed by atoms with E-state index in [4.69, 9.17) is 27.9 Å². The lowest BCUT2D eigenvalue weighted by Gasteiger charge is -2.21. The summed E-state index contributed by atoms with van der Waals surface area (Å²) < 4.78 is 5.52. The average molecular weight is 342 g/mol. The van der Waals surface area contributed by atoms with E-state index in [2.05, 4.69) is 10.3 Å². The Balaban J connectivity index is 1.66. The fraction of sp³-hybridized carbons (Fsp3) is 0.467. The second-order valence-electron chi connectivity index (χ2n) is 5.40. The molecule has 5 nitrogen and oxygen atoms in total. The van der Waals surface area contributed by atoms with Crippen molar-refractivity contribution in [2.24, 2.45) is 4.99 Å². The Hall–Kier alpha value is -1.46. The number of guanidine groups is 1. The first-order valence-corrected chi connectivity index (χ1v) is 8.14. The molecule has 1 aromatic carbocycles. The molecular weight excluding hydrogens is 325 g/mol. The van der Waals surface area contributed by atoms with E-state index < -0.39 is 0 Å². The highest BCUT2D eigenvalue weighted by molar-refractivity contribution is 6.36. The van der Waals surface area contributed by atoms with Crippen LogP contribution in [-0.4, -0.2) is 36.1 Å². The number of aliphatic imine (C=N–C) groups is 1. The lowest BCUT2D eigenvalue weighted by molar-refractivity contribution is 0.0831. The maximum atomic E-state index is 12.3. The molecule has 0 unspecified atom stereocenters. The highest BCUT2D eigenvalue weighted by Gasteiger charge is 2.29. The van der Waals surface area contributed by atoms with Crippen molar-refractivity contribution in [2.45, 2.75) is 31.8 Å². The predicted molar refractivity (Wildman–Crippen MR) is 87.8 cm³/mol. The molecule has 1 heterocycles. The predicted octanol–water partition coefficient (Wildman–Crippen LogP) is 4.16. The molecule has 1 aliphatic heterocycles. The summed E-state index contributed by atoms with van der Waals surface area (Å²) in [5.74, 6) is 0.465. The largest absolute Gasteiger partial charge is 0.446 e. The maximum Gasteiger partial charge on any atom is 0.416 e. The lowest BCUT2D eigenvalue weighted by Crippen LogP contribution is -2.40. The number of carbonyl (C=O) groups is 1. The second kappa shape index (κ2) is 6.75. The number of halogens is 2. The van der Waals surface area contributed by atoms with Gasteiger partial charge in [0, 0.05) is 5.02 Å². The molecule has 0 saturated heterocycles. The van der Waals surface area contributed by atoms with Crippen LogP contribution in [0.3, 0.4) is 0 Å². The Morgan fingerprint density at radius 1 is 1.32 bits per heavy atom. The van der Waals surface area contributed by atoms with Gasteiger partial charge in [0.2, 0.25) is 5.96 Å². The van der Waals surface area contributed by atoms with Gasteiger partial charge in [-0.2, -0.15) is 0 Å². The van der Waals surface area contributed by atoms with Crippen LogP contribution in [-0.2, 0) is 4.74 Å². The number of rotatable bonds is 2. The zero-order valence-corrected chi connectivity index (χ0v) is 13.5. The van der Waals surface area contributed by atoms with E-state index in [-0.39, 0.29) is 12.2 Å². The second-order valence-corrected chi connectivity index (χ2v) is 6.24. The fourth-order valence-electron chi connectivity index (χ4n) is 2.66. The molecule has 0 atom stereocenters. The summed E-state index contributed by atoms with van der Waals surface area (Å²) >= 11 is 12.0. The third kappa shape index (κ3) is 3.47. The van der Waals surface area contributed by atoms with Gasteiger partial charge in [-0.15, -0.1) is 0 Å². The average Bonchev–Trinajstić information content (AvgIpc) is 3.13. The number of ether oxygens (including phenoxy) is 1. The molecule has 0 radical (unpaired) electrons. The Kier molecular flexibility index (Phi) is 4.74. The fourth-order valence-corrected chi connectivity index (χ4v) is 3.11. The zero-order chi connectivity index (χ0) is 15.5. The molecule has 1 fully saturated rings. The minimum Gasteiger partial charge on any atom is -0.446 e. The van der Waals surface area contributed by atoms with E-state index in [0.29, 0.717) is 34.8 Å². The van der Waals surface area contributed by atoms with Crippen LogP contribution in [0, 0.1) is 0 Å². The van der Waals surface area contributed by atoms with E-state index in [1.165, 1.54) is 4.90 Å². The van der Waals surface area contributed by atoms with Crippen LogP contribution in [0.2, 0.25) is 10.0 Å². The van der Waals surface area contributed by atoms with Crippen LogP contribution in [0.5, 0.6) is 0 Å². The van der Waals surface area contributed by atoms with Crippen LogP contribution in [0.25, 0.3) is 0 Å². The Morgan fingerprint density at radius 3 is 2.82 bits per heavy atom. The van der Waals surface area contributed by atoms with E-state index in [9.17, 15) is 4.79 Å². The van der Waals surface area contributed by atoms with E-state index in [1.807, 2.05) is 0 Å². The molecule has 0 spiro atoms. The maximum absolute atomic E-state index is 12.3. The summed E-state index contributed by atoms with van der Waals surface area (Å²) in [4.78, 5) is 18.1. The monoisotopic (exact) mass is 341 g/mol. The Morgan fingerprint density at radius 2 is 2.09 bits per heavy atom. The van der Waals surface area contributed by atoms with Gasteiger partial charge in [0.05, 0.1) is 23.8 Å². The van der Waals surface area contributed by atoms with Gasteiger partial charge in [-0.1, -0.05) is 23.2 Å². The topological polar surface area (TPSA) is 53.9 Å². The van der Waals surface area contributed by atoms with Crippen LogP contribution in [0.1, 0.15) is 25.7 Å². The summed E-state index contributed by atoms with van der Waals surface area (Å²) in [5.41, 5.74) is 0.658. The quantitative estimate of drug-likeness (QED) is 0.878. The number of nitrogens with zero attached hydrogens (tertiary/aromatic N) is 2. The van der Waals surface area contributed by atoms with Crippen LogP contribution >= 0.6 is 23.2 Å². The molecule has 3 rings (SSSR count). The highest BCUT2D eigenvalue weighted by Crippen LogP contribution is 2.26. The van der Waals surface area contributed by atoms with Gasteiger partial charge in [-0.05, 0) is 43.9 Å². The Bertz CT molecular complexity index is 600. The number of benzene rings is 1. The van der Waals surface area contributed by atoms with Gasteiger partial charge >= 0.3 is 6.09 Å². The molecule has 118 valence electrons. The smallest absolute Gasteiger partial charge is 0.416 e. The molecule has 2 aliphatic rings. The molecule has 1 amide bonds. The number of amides is 1. The van der Waals surface area contributed by atoms with Gasteiger partial charge in [-0.3, -0.25) is 4.99 Å². The minimum atomic E-state index is -0.347. The number of hydrogen-bond acceptors (Lipinski definition) is 4. The third-order valence-corrected chi connectivity index (χ3v) is 4.36. The molecule has 7 heteroatoms. The van der Waals surface area contributed by atoms with Gasteiger partial charge in [0.15, 0.2) is 0 Å². The molecular formula is C15H17Cl2N3O2. The van der Waals surface area contributed by atoms with Crippen LogP contribution in [0.15, 0.2) is 23.2 Å². The SMILES string of the molecule is O=C(OC1CCCC1)N1CCN=C1Nc1ccc(Cl)cc1Cl. The normalized spacial score (nSPS) is 18.5. The lowest BCUT2D eigenvalue weighted by atomic mass is 10.3. The molecule has 1 saturated carbocycles. The number of anilines is 1. The molecule has 1 aromatic rings. The number of carbonyl (C=O) groups excluding carboxylic acids is 1. The van der Waals surface area contributed by atoms with Crippen molar-refractivity contribution in [3.8, 4) is 0 Å². The summed E-state index contributed by atoms with van der Waals surface area (Å²) in [6.45, 7) is 1.06. The summed E-state index contributed by atoms with van der Waals surface area (Å²) in [6, 6.07) is 5.13. The van der Waals surface area contributed by atoms with E-state index in [1.54, 1.807) is 18.2 Å². The first kappa shape index (κ1) is 15.4. The number of hydrogen-bond donors (Lipinski definition) is 1. The van der Waals surface area contributed by atoms with Crippen molar-refractivity contribution < 1.29 is 9.53 Å². The summed E-state index contributed by atoms with van der Waals surface area (Å²) in [5, 5.41) is 4.11. The Labute approximate surface area is 139 Å².